The van der Waals surface area contributed by atoms with Crippen LogP contribution in [0.3, 0.4) is 0 Å². The number of nitrogens with one attached hydrogen (secondary N) is 1. The summed E-state index contributed by atoms with van der Waals surface area (Å²) in [5.41, 5.74) is 2.88. The molecule has 0 radical (unpaired) electrons. The first-order valence-electron chi connectivity index (χ1n) is 10.1. The van der Waals surface area contributed by atoms with Crippen molar-refractivity contribution in [2.45, 2.75) is 51.2 Å². The van der Waals surface area contributed by atoms with E-state index in [1.807, 2.05) is 55.5 Å². The van der Waals surface area contributed by atoms with Crippen LogP contribution in [0.25, 0.3) is 0 Å². The Hall–Kier alpha value is -2.31. The van der Waals surface area contributed by atoms with Crippen molar-refractivity contribution >= 4 is 29.3 Å². The zero-order chi connectivity index (χ0) is 21.7. The molecule has 7 heteroatoms. The van der Waals surface area contributed by atoms with Gasteiger partial charge < -0.3 is 9.88 Å². The highest BCUT2D eigenvalue weighted by atomic mass is 35.5. The van der Waals surface area contributed by atoms with Crippen molar-refractivity contribution in [3.63, 3.8) is 0 Å². The van der Waals surface area contributed by atoms with Gasteiger partial charge in [-0.3, -0.25) is 4.79 Å². The molecule has 0 spiro atoms. The number of nitrogens with zero attached hydrogens (tertiary/aromatic N) is 3. The van der Waals surface area contributed by atoms with Crippen LogP contribution in [0.2, 0.25) is 5.02 Å². The highest BCUT2D eigenvalue weighted by Crippen LogP contribution is 2.27. The number of amides is 1. The highest BCUT2D eigenvalue weighted by molar-refractivity contribution is 7.98. The number of carbonyl (C=O) groups is 1. The van der Waals surface area contributed by atoms with Crippen LogP contribution in [0.15, 0.2) is 53.7 Å². The van der Waals surface area contributed by atoms with E-state index in [0.717, 1.165) is 33.9 Å². The van der Waals surface area contributed by atoms with Crippen LogP contribution in [0.4, 0.5) is 0 Å². The van der Waals surface area contributed by atoms with Crippen molar-refractivity contribution < 1.29 is 4.79 Å². The predicted octanol–water partition coefficient (Wildman–Crippen LogP) is 5.68. The largest absolute Gasteiger partial charge is 0.342 e. The number of halogens is 1. The van der Waals surface area contributed by atoms with Crippen LogP contribution in [0.1, 0.15) is 54.1 Å². The van der Waals surface area contributed by atoms with Gasteiger partial charge in [0.05, 0.1) is 6.04 Å². The second kappa shape index (κ2) is 10.1. The van der Waals surface area contributed by atoms with Crippen LogP contribution in [0, 0.1) is 12.8 Å². The molecule has 3 aromatic rings. The first-order valence-corrected chi connectivity index (χ1v) is 11.4. The van der Waals surface area contributed by atoms with Crippen molar-refractivity contribution in [3.8, 4) is 0 Å². The van der Waals surface area contributed by atoms with Crippen LogP contribution in [-0.4, -0.2) is 20.7 Å². The molecule has 0 fully saturated rings. The zero-order valence-corrected chi connectivity index (χ0v) is 19.3. The Labute approximate surface area is 187 Å². The van der Waals surface area contributed by atoms with Crippen molar-refractivity contribution in [1.29, 1.82) is 0 Å². The minimum atomic E-state index is -0.227. The molecule has 158 valence electrons. The lowest BCUT2D eigenvalue weighted by Gasteiger charge is -2.22. The average Bonchev–Trinajstić information content (AvgIpc) is 3.13. The van der Waals surface area contributed by atoms with Gasteiger partial charge in [0.25, 0.3) is 5.91 Å². The van der Waals surface area contributed by atoms with Crippen LogP contribution in [-0.2, 0) is 12.3 Å². The monoisotopic (exact) mass is 442 g/mol. The van der Waals surface area contributed by atoms with Crippen molar-refractivity contribution in [2.24, 2.45) is 5.92 Å². The quantitative estimate of drug-likeness (QED) is 0.456. The fraction of sp³-hybridized carbons (Fsp3) is 0.348. The third-order valence-electron chi connectivity index (χ3n) is 4.85. The Morgan fingerprint density at radius 3 is 2.53 bits per heavy atom. The second-order valence-electron chi connectivity index (χ2n) is 7.56. The molecule has 0 saturated carbocycles. The van der Waals surface area contributed by atoms with Gasteiger partial charge in [-0.2, -0.15) is 0 Å². The van der Waals surface area contributed by atoms with Crippen molar-refractivity contribution in [1.82, 2.24) is 20.1 Å². The first-order chi connectivity index (χ1) is 14.4. The molecule has 1 N–H and O–H groups in total. The zero-order valence-electron chi connectivity index (χ0n) is 17.7. The molecule has 0 bridgehead atoms. The normalized spacial score (nSPS) is 12.2. The Bertz CT molecular complexity index is 1000. The minimum absolute atomic E-state index is 0.0987. The first kappa shape index (κ1) is 22.4. The molecular formula is C23H27ClN4OS. The topological polar surface area (TPSA) is 59.8 Å². The number of benzene rings is 2. The van der Waals surface area contributed by atoms with Gasteiger partial charge in [0.1, 0.15) is 0 Å². The third kappa shape index (κ3) is 5.43. The lowest BCUT2D eigenvalue weighted by atomic mass is 10.0. The van der Waals surface area contributed by atoms with Gasteiger partial charge in [-0.1, -0.05) is 67.0 Å². The molecular weight excluding hydrogens is 416 g/mol. The second-order valence-corrected chi connectivity index (χ2v) is 8.94. The van der Waals surface area contributed by atoms with E-state index in [9.17, 15) is 4.79 Å². The molecule has 0 aliphatic heterocycles. The fourth-order valence-electron chi connectivity index (χ4n) is 3.20. The van der Waals surface area contributed by atoms with Crippen LogP contribution >= 0.6 is 23.4 Å². The molecule has 0 aliphatic rings. The van der Waals surface area contributed by atoms with Gasteiger partial charge >= 0.3 is 0 Å². The Balaban J connectivity index is 1.79. The summed E-state index contributed by atoms with van der Waals surface area (Å²) in [6, 6.07) is 15.2. The van der Waals surface area contributed by atoms with Crippen LogP contribution in [0.5, 0.6) is 0 Å². The van der Waals surface area contributed by atoms with E-state index >= 15 is 0 Å². The summed E-state index contributed by atoms with van der Waals surface area (Å²) in [6.45, 7) is 8.94. The number of aryl methyl sites for hydroxylation is 1. The highest BCUT2D eigenvalue weighted by Gasteiger charge is 2.26. The van der Waals surface area contributed by atoms with E-state index in [2.05, 4.69) is 40.9 Å². The predicted molar refractivity (Wildman–Crippen MR) is 123 cm³/mol. The molecule has 30 heavy (non-hydrogen) atoms. The summed E-state index contributed by atoms with van der Waals surface area (Å²) in [4.78, 5) is 12.8. The average molecular weight is 443 g/mol. The Kier molecular flexibility index (Phi) is 7.56. The third-order valence-corrected chi connectivity index (χ3v) is 6.14. The van der Waals surface area contributed by atoms with E-state index in [-0.39, 0.29) is 17.9 Å². The van der Waals surface area contributed by atoms with Crippen molar-refractivity contribution in [2.75, 3.05) is 0 Å². The summed E-state index contributed by atoms with van der Waals surface area (Å²) >= 11 is 7.60. The van der Waals surface area contributed by atoms with E-state index in [1.165, 1.54) is 5.56 Å². The molecule has 1 atom stereocenters. The van der Waals surface area contributed by atoms with Gasteiger partial charge in [0.2, 0.25) is 0 Å². The molecule has 0 aliphatic carbocycles. The van der Waals surface area contributed by atoms with E-state index in [0.29, 0.717) is 5.56 Å². The Morgan fingerprint density at radius 2 is 1.90 bits per heavy atom. The summed E-state index contributed by atoms with van der Waals surface area (Å²) in [7, 11) is 0. The molecule has 0 saturated heterocycles. The maximum absolute atomic E-state index is 12.8. The van der Waals surface area contributed by atoms with Gasteiger partial charge in [-0.05, 0) is 49.6 Å². The smallest absolute Gasteiger partial charge is 0.251 e. The summed E-state index contributed by atoms with van der Waals surface area (Å²) in [5, 5.41) is 13.6. The molecule has 5 nitrogen and oxygen atoms in total. The Morgan fingerprint density at radius 1 is 1.17 bits per heavy atom. The molecule has 1 heterocycles. The molecule has 1 amide bonds. The van der Waals surface area contributed by atoms with Crippen LogP contribution < -0.4 is 5.32 Å². The number of thioether (sulfide) groups is 1. The van der Waals surface area contributed by atoms with Gasteiger partial charge in [-0.25, -0.2) is 0 Å². The number of carbonyl (C=O) groups excluding carboxylic acids is 1. The summed E-state index contributed by atoms with van der Waals surface area (Å²) in [5.74, 6) is 1.63. The lowest BCUT2D eigenvalue weighted by Crippen LogP contribution is -2.33. The van der Waals surface area contributed by atoms with Gasteiger partial charge in [0, 0.05) is 22.9 Å². The maximum Gasteiger partial charge on any atom is 0.251 e. The summed E-state index contributed by atoms with van der Waals surface area (Å²) in [6.07, 6.45) is 0. The number of hydrogen-bond acceptors (Lipinski definition) is 4. The minimum Gasteiger partial charge on any atom is -0.342 e. The number of hydrogen-bond donors (Lipinski definition) is 1. The molecule has 2 aromatic carbocycles. The number of aromatic nitrogens is 3. The molecule has 1 aromatic heterocycles. The lowest BCUT2D eigenvalue weighted by molar-refractivity contribution is 0.0921. The maximum atomic E-state index is 12.8. The van der Waals surface area contributed by atoms with Crippen molar-refractivity contribution in [3.05, 3.63) is 76.1 Å². The molecule has 3 rings (SSSR count). The molecule has 1 unspecified atom stereocenters. The number of rotatable bonds is 8. The van der Waals surface area contributed by atoms with E-state index in [1.54, 1.807) is 11.8 Å². The van der Waals surface area contributed by atoms with Gasteiger partial charge in [0.15, 0.2) is 11.0 Å². The standard InChI is InChI=1S/C23H27ClN4OS/c1-5-28-21(26-27-23(28)30-14-17-9-11-19(24)12-10-17)20(15(2)3)25-22(29)18-8-6-7-16(4)13-18/h6-13,15,20H,5,14H2,1-4H3,(H,25,29). The van der Waals surface area contributed by atoms with E-state index in [4.69, 9.17) is 11.6 Å². The van der Waals surface area contributed by atoms with Gasteiger partial charge in [-0.15, -0.1) is 10.2 Å². The fourth-order valence-corrected chi connectivity index (χ4v) is 4.29. The van der Waals surface area contributed by atoms with E-state index < -0.39 is 0 Å². The SMILES string of the molecule is CCn1c(SCc2ccc(Cl)cc2)nnc1C(NC(=O)c1cccc(C)c1)C(C)C. The summed E-state index contributed by atoms with van der Waals surface area (Å²) < 4.78 is 2.09.